The summed E-state index contributed by atoms with van der Waals surface area (Å²) in [6.45, 7) is -0.170. The monoisotopic (exact) mass is 320 g/mol. The molecule has 0 saturated heterocycles. The van der Waals surface area contributed by atoms with E-state index in [1.165, 1.54) is 12.1 Å². The van der Waals surface area contributed by atoms with Gasteiger partial charge in [-0.05, 0) is 29.8 Å². The van der Waals surface area contributed by atoms with Crippen molar-refractivity contribution in [1.82, 2.24) is 4.57 Å². The first-order valence-electron chi connectivity index (χ1n) is 7.26. The van der Waals surface area contributed by atoms with Crippen LogP contribution in [0.4, 0.5) is 4.39 Å². The number of carbonyl (C=O) groups is 1. The molecule has 0 radical (unpaired) electrons. The molecule has 0 spiro atoms. The summed E-state index contributed by atoms with van der Waals surface area (Å²) in [7, 11) is 0. The van der Waals surface area contributed by atoms with Crippen molar-refractivity contribution in [3.63, 3.8) is 0 Å². The number of para-hydroxylation sites is 1. The number of aromatic nitrogens is 1. The topological polar surface area (TPSA) is 66.0 Å². The van der Waals surface area contributed by atoms with Crippen LogP contribution in [-0.2, 0) is 11.3 Å². The highest BCUT2D eigenvalue weighted by atomic mass is 19.1. The number of fused-ring (bicyclic) bond motifs is 1. The molecule has 1 N–H and O–H groups in total. The van der Waals surface area contributed by atoms with Crippen LogP contribution in [0.25, 0.3) is 22.6 Å². The summed E-state index contributed by atoms with van der Waals surface area (Å²) >= 11 is 0. The maximum Gasteiger partial charge on any atom is 0.323 e. The lowest BCUT2D eigenvalue weighted by molar-refractivity contribution is -0.137. The molecule has 0 fully saturated rings. The first kappa shape index (κ1) is 15.5. The van der Waals surface area contributed by atoms with E-state index in [1.807, 2.05) is 24.3 Å². The molecule has 0 saturated carbocycles. The van der Waals surface area contributed by atoms with Crippen LogP contribution in [0.1, 0.15) is 11.1 Å². The predicted molar refractivity (Wildman–Crippen MR) is 89.5 cm³/mol. The molecule has 24 heavy (non-hydrogen) atoms. The second kappa shape index (κ2) is 6.39. The molecule has 5 heteroatoms. The number of hydrogen-bond acceptors (Lipinski definition) is 2. The van der Waals surface area contributed by atoms with Gasteiger partial charge in [0.1, 0.15) is 12.4 Å². The molecule has 0 aliphatic rings. The number of carboxylic acids is 1. The largest absolute Gasteiger partial charge is 0.480 e. The average Bonchev–Trinajstić information content (AvgIpc) is 2.90. The first-order valence-corrected chi connectivity index (χ1v) is 7.26. The SMILES string of the molecule is N#C/C(=C\c1cn(CC(=O)O)c2ccccc12)c1cccc(F)c1. The van der Waals surface area contributed by atoms with Crippen LogP contribution >= 0.6 is 0 Å². The third-order valence-electron chi connectivity index (χ3n) is 3.68. The number of aliphatic carboxylic acids is 1. The summed E-state index contributed by atoms with van der Waals surface area (Å²) in [6.07, 6.45) is 3.34. The van der Waals surface area contributed by atoms with E-state index >= 15 is 0 Å². The maximum atomic E-state index is 13.4. The van der Waals surface area contributed by atoms with Crippen molar-refractivity contribution in [1.29, 1.82) is 5.26 Å². The van der Waals surface area contributed by atoms with Gasteiger partial charge in [-0.3, -0.25) is 4.79 Å². The summed E-state index contributed by atoms with van der Waals surface area (Å²) in [4.78, 5) is 11.0. The van der Waals surface area contributed by atoms with E-state index in [2.05, 4.69) is 6.07 Å². The smallest absolute Gasteiger partial charge is 0.323 e. The Morgan fingerprint density at radius 3 is 2.75 bits per heavy atom. The molecule has 0 bridgehead atoms. The molecule has 3 aromatic rings. The van der Waals surface area contributed by atoms with E-state index in [4.69, 9.17) is 5.11 Å². The minimum absolute atomic E-state index is 0.170. The fourth-order valence-corrected chi connectivity index (χ4v) is 2.66. The fourth-order valence-electron chi connectivity index (χ4n) is 2.66. The van der Waals surface area contributed by atoms with Gasteiger partial charge in [-0.1, -0.05) is 30.3 Å². The van der Waals surface area contributed by atoms with Crippen molar-refractivity contribution in [3.05, 3.63) is 71.7 Å². The Kier molecular flexibility index (Phi) is 4.13. The van der Waals surface area contributed by atoms with Crippen LogP contribution < -0.4 is 0 Å². The number of carboxylic acid groups (broad SMARTS) is 1. The number of hydrogen-bond donors (Lipinski definition) is 1. The Bertz CT molecular complexity index is 996. The minimum Gasteiger partial charge on any atom is -0.480 e. The molecule has 1 aromatic heterocycles. The van der Waals surface area contributed by atoms with E-state index in [1.54, 1.807) is 29.0 Å². The number of allylic oxidation sites excluding steroid dienone is 1. The summed E-state index contributed by atoms with van der Waals surface area (Å²) in [5.74, 6) is -1.36. The van der Waals surface area contributed by atoms with Gasteiger partial charge < -0.3 is 9.67 Å². The normalized spacial score (nSPS) is 11.4. The van der Waals surface area contributed by atoms with Gasteiger partial charge in [-0.15, -0.1) is 0 Å². The molecule has 0 aliphatic heterocycles. The summed E-state index contributed by atoms with van der Waals surface area (Å²) in [5, 5.41) is 19.3. The summed E-state index contributed by atoms with van der Waals surface area (Å²) in [5.41, 5.74) is 2.27. The number of rotatable bonds is 4. The van der Waals surface area contributed by atoms with Crippen molar-refractivity contribution >= 4 is 28.5 Å². The highest BCUT2D eigenvalue weighted by Gasteiger charge is 2.10. The van der Waals surface area contributed by atoms with Crippen molar-refractivity contribution < 1.29 is 14.3 Å². The average molecular weight is 320 g/mol. The van der Waals surface area contributed by atoms with Gasteiger partial charge in [0.25, 0.3) is 0 Å². The van der Waals surface area contributed by atoms with Gasteiger partial charge in [0.05, 0.1) is 11.6 Å². The molecule has 4 nitrogen and oxygen atoms in total. The zero-order valence-electron chi connectivity index (χ0n) is 12.6. The summed E-state index contributed by atoms with van der Waals surface area (Å²) < 4.78 is 15.0. The molecule has 0 amide bonds. The first-order chi connectivity index (χ1) is 11.6. The van der Waals surface area contributed by atoms with E-state index in [0.717, 1.165) is 10.9 Å². The zero-order valence-corrected chi connectivity index (χ0v) is 12.6. The second-order valence-electron chi connectivity index (χ2n) is 5.30. The van der Waals surface area contributed by atoms with Crippen LogP contribution in [0, 0.1) is 17.1 Å². The fraction of sp³-hybridized carbons (Fsp3) is 0.0526. The predicted octanol–water partition coefficient (Wildman–Crippen LogP) is 3.93. The quantitative estimate of drug-likeness (QED) is 0.741. The van der Waals surface area contributed by atoms with Crippen molar-refractivity contribution in [2.45, 2.75) is 6.54 Å². The molecule has 0 atom stereocenters. The summed E-state index contributed by atoms with van der Waals surface area (Å²) in [6, 6.07) is 15.3. The van der Waals surface area contributed by atoms with Crippen molar-refractivity contribution in [2.75, 3.05) is 0 Å². The third kappa shape index (κ3) is 3.03. The Morgan fingerprint density at radius 2 is 2.04 bits per heavy atom. The number of nitriles is 1. The lowest BCUT2D eigenvalue weighted by Gasteiger charge is -1.99. The standard InChI is InChI=1S/C19H13FN2O2/c20-16-5-3-4-13(9-16)14(10-21)8-15-11-22(12-19(23)24)18-7-2-1-6-17(15)18/h1-9,11H,12H2,(H,23,24)/b14-8+. The second-order valence-corrected chi connectivity index (χ2v) is 5.30. The highest BCUT2D eigenvalue weighted by molar-refractivity contribution is 5.98. The van der Waals surface area contributed by atoms with Gasteiger partial charge in [-0.2, -0.15) is 5.26 Å². The Morgan fingerprint density at radius 1 is 1.25 bits per heavy atom. The maximum absolute atomic E-state index is 13.4. The zero-order chi connectivity index (χ0) is 17.1. The van der Waals surface area contributed by atoms with E-state index in [0.29, 0.717) is 16.7 Å². The van der Waals surface area contributed by atoms with Gasteiger partial charge in [-0.25, -0.2) is 4.39 Å². The van der Waals surface area contributed by atoms with Gasteiger partial charge >= 0.3 is 5.97 Å². The van der Waals surface area contributed by atoms with Crippen LogP contribution in [0.2, 0.25) is 0 Å². The van der Waals surface area contributed by atoms with E-state index < -0.39 is 11.8 Å². The van der Waals surface area contributed by atoms with E-state index in [-0.39, 0.29) is 6.54 Å². The lowest BCUT2D eigenvalue weighted by atomic mass is 10.0. The van der Waals surface area contributed by atoms with Gasteiger partial charge in [0.15, 0.2) is 0 Å². The lowest BCUT2D eigenvalue weighted by Crippen LogP contribution is -2.07. The molecule has 0 unspecified atom stereocenters. The molecule has 0 aliphatic carbocycles. The molecule has 3 rings (SSSR count). The van der Waals surface area contributed by atoms with E-state index in [9.17, 15) is 14.4 Å². The molecule has 2 aromatic carbocycles. The number of nitrogens with zero attached hydrogens (tertiary/aromatic N) is 2. The molecular weight excluding hydrogens is 307 g/mol. The van der Waals surface area contributed by atoms with Crippen LogP contribution in [0.3, 0.4) is 0 Å². The van der Waals surface area contributed by atoms with Crippen LogP contribution in [0.5, 0.6) is 0 Å². The Balaban J connectivity index is 2.15. The highest BCUT2D eigenvalue weighted by Crippen LogP contribution is 2.26. The van der Waals surface area contributed by atoms with Crippen LogP contribution in [-0.4, -0.2) is 15.6 Å². The number of benzene rings is 2. The van der Waals surface area contributed by atoms with Gasteiger partial charge in [0.2, 0.25) is 0 Å². The molecule has 1 heterocycles. The van der Waals surface area contributed by atoms with Crippen molar-refractivity contribution in [3.8, 4) is 6.07 Å². The van der Waals surface area contributed by atoms with Crippen LogP contribution in [0.15, 0.2) is 54.7 Å². The minimum atomic E-state index is -0.947. The Hall–Kier alpha value is -3.39. The molecule has 118 valence electrons. The van der Waals surface area contributed by atoms with Gasteiger partial charge in [0, 0.05) is 22.7 Å². The van der Waals surface area contributed by atoms with Crippen molar-refractivity contribution in [2.24, 2.45) is 0 Å². The number of halogens is 1. The third-order valence-corrected chi connectivity index (χ3v) is 3.68. The Labute approximate surface area is 137 Å². The molecular formula is C19H13FN2O2.